The first-order valence-corrected chi connectivity index (χ1v) is 9.66. The summed E-state index contributed by atoms with van der Waals surface area (Å²) in [6, 6.07) is 15.4. The van der Waals surface area contributed by atoms with E-state index in [9.17, 15) is 4.79 Å². The van der Waals surface area contributed by atoms with Crippen molar-refractivity contribution in [3.8, 4) is 11.4 Å². The van der Waals surface area contributed by atoms with Crippen LogP contribution >= 0.6 is 0 Å². The first-order chi connectivity index (χ1) is 13.6. The number of likely N-dealkylation sites (tertiary alicyclic amines) is 1. The van der Waals surface area contributed by atoms with Gasteiger partial charge in [-0.3, -0.25) is 0 Å². The van der Waals surface area contributed by atoms with Gasteiger partial charge >= 0.3 is 6.03 Å². The molecule has 2 heterocycles. The molecular weight excluding hydrogens is 352 g/mol. The summed E-state index contributed by atoms with van der Waals surface area (Å²) < 4.78 is 5.57. The minimum absolute atomic E-state index is 0.130. The van der Waals surface area contributed by atoms with Crippen LogP contribution in [0.3, 0.4) is 0 Å². The number of amides is 2. The number of nitrogens with one attached hydrogen (secondary N) is 1. The molecule has 0 saturated carbocycles. The minimum Gasteiger partial charge on any atom is -0.337 e. The number of hydrogen-bond acceptors (Lipinski definition) is 4. The Hall–Kier alpha value is -3.15. The van der Waals surface area contributed by atoms with Gasteiger partial charge in [-0.2, -0.15) is 4.98 Å². The molecule has 1 aliphatic heterocycles. The largest absolute Gasteiger partial charge is 0.337 e. The number of benzene rings is 2. The molecule has 2 amide bonds. The maximum Gasteiger partial charge on any atom is 0.322 e. The molecule has 6 heteroatoms. The molecule has 144 valence electrons. The fraction of sp³-hybridized carbons (Fsp3) is 0.318. The van der Waals surface area contributed by atoms with Crippen LogP contribution < -0.4 is 5.32 Å². The summed E-state index contributed by atoms with van der Waals surface area (Å²) in [6.07, 6.45) is 2.81. The quantitative estimate of drug-likeness (QED) is 0.689. The molecule has 2 aromatic carbocycles. The third-order valence-electron chi connectivity index (χ3n) is 5.15. The molecule has 1 atom stereocenters. The number of rotatable bonds is 3. The van der Waals surface area contributed by atoms with Gasteiger partial charge in [-0.1, -0.05) is 47.1 Å². The van der Waals surface area contributed by atoms with Crippen LogP contribution in [-0.4, -0.2) is 27.6 Å². The summed E-state index contributed by atoms with van der Waals surface area (Å²) in [4.78, 5) is 19.4. The van der Waals surface area contributed by atoms with Gasteiger partial charge in [-0.05, 0) is 50.8 Å². The third-order valence-corrected chi connectivity index (χ3v) is 5.15. The zero-order chi connectivity index (χ0) is 19.5. The van der Waals surface area contributed by atoms with Crippen molar-refractivity contribution in [2.75, 3.05) is 11.9 Å². The lowest BCUT2D eigenvalue weighted by Crippen LogP contribution is -2.41. The number of aryl methyl sites for hydroxylation is 2. The Labute approximate surface area is 164 Å². The Morgan fingerprint density at radius 3 is 2.82 bits per heavy atom. The lowest BCUT2D eigenvalue weighted by molar-refractivity contribution is 0.142. The van der Waals surface area contributed by atoms with Crippen molar-refractivity contribution >= 4 is 11.7 Å². The van der Waals surface area contributed by atoms with Crippen LogP contribution in [-0.2, 0) is 0 Å². The number of para-hydroxylation sites is 1. The summed E-state index contributed by atoms with van der Waals surface area (Å²) in [5.41, 5.74) is 3.91. The number of piperidine rings is 1. The standard InChI is InChI=1S/C22H24N4O2/c1-15-8-7-10-17(14-15)20-24-21(28-25-20)19-12-5-6-13-26(19)22(27)23-18-11-4-3-9-16(18)2/h3-4,7-11,14,19H,5-6,12-13H2,1-2H3,(H,23,27)/t19-/m1/s1. The van der Waals surface area contributed by atoms with Crippen LogP contribution in [0.5, 0.6) is 0 Å². The minimum atomic E-state index is -0.205. The fourth-order valence-corrected chi connectivity index (χ4v) is 3.60. The third kappa shape index (κ3) is 3.76. The Bertz CT molecular complexity index is 982. The zero-order valence-corrected chi connectivity index (χ0v) is 16.2. The first kappa shape index (κ1) is 18.2. The van der Waals surface area contributed by atoms with Crippen LogP contribution in [0, 0.1) is 13.8 Å². The maximum absolute atomic E-state index is 12.9. The summed E-state index contributed by atoms with van der Waals surface area (Å²) >= 11 is 0. The van der Waals surface area contributed by atoms with Crippen molar-refractivity contribution in [1.82, 2.24) is 15.0 Å². The Morgan fingerprint density at radius 1 is 1.14 bits per heavy atom. The fourth-order valence-electron chi connectivity index (χ4n) is 3.60. The molecule has 1 saturated heterocycles. The average Bonchev–Trinajstić information content (AvgIpc) is 3.20. The number of urea groups is 1. The topological polar surface area (TPSA) is 71.3 Å². The van der Waals surface area contributed by atoms with E-state index in [1.807, 2.05) is 67.3 Å². The lowest BCUT2D eigenvalue weighted by Gasteiger charge is -2.33. The van der Waals surface area contributed by atoms with E-state index in [0.29, 0.717) is 18.3 Å². The zero-order valence-electron chi connectivity index (χ0n) is 16.2. The van der Waals surface area contributed by atoms with Crippen LogP contribution in [0.25, 0.3) is 11.4 Å². The predicted octanol–water partition coefficient (Wildman–Crippen LogP) is 5.11. The monoisotopic (exact) mass is 376 g/mol. The summed E-state index contributed by atoms with van der Waals surface area (Å²) in [5.74, 6) is 1.06. The van der Waals surface area contributed by atoms with Gasteiger partial charge in [0.05, 0.1) is 0 Å². The van der Waals surface area contributed by atoms with E-state index in [0.717, 1.165) is 41.6 Å². The van der Waals surface area contributed by atoms with Crippen molar-refractivity contribution in [2.45, 2.75) is 39.2 Å². The van der Waals surface area contributed by atoms with Crippen molar-refractivity contribution in [3.05, 3.63) is 65.5 Å². The average molecular weight is 376 g/mol. The smallest absolute Gasteiger partial charge is 0.322 e. The molecule has 1 N–H and O–H groups in total. The maximum atomic E-state index is 12.9. The molecule has 0 radical (unpaired) electrons. The summed E-state index contributed by atoms with van der Waals surface area (Å²) in [5, 5.41) is 7.17. The highest BCUT2D eigenvalue weighted by Crippen LogP contribution is 2.32. The molecule has 1 aliphatic rings. The number of aromatic nitrogens is 2. The van der Waals surface area contributed by atoms with E-state index in [2.05, 4.69) is 15.5 Å². The molecule has 0 aliphatic carbocycles. The Kier molecular flexibility index (Phi) is 5.10. The number of hydrogen-bond donors (Lipinski definition) is 1. The molecule has 3 aromatic rings. The number of nitrogens with zero attached hydrogens (tertiary/aromatic N) is 3. The van der Waals surface area contributed by atoms with Crippen molar-refractivity contribution in [1.29, 1.82) is 0 Å². The second-order valence-corrected chi connectivity index (χ2v) is 7.28. The highest BCUT2D eigenvalue weighted by Gasteiger charge is 2.32. The van der Waals surface area contributed by atoms with Gasteiger partial charge in [0, 0.05) is 17.8 Å². The van der Waals surface area contributed by atoms with Gasteiger partial charge in [-0.15, -0.1) is 0 Å². The molecule has 0 unspecified atom stereocenters. The molecule has 0 bridgehead atoms. The van der Waals surface area contributed by atoms with Crippen LogP contribution in [0.4, 0.5) is 10.5 Å². The van der Waals surface area contributed by atoms with E-state index in [1.165, 1.54) is 0 Å². The second-order valence-electron chi connectivity index (χ2n) is 7.28. The van der Waals surface area contributed by atoms with Gasteiger partial charge in [0.2, 0.25) is 11.7 Å². The van der Waals surface area contributed by atoms with Crippen LogP contribution in [0.2, 0.25) is 0 Å². The van der Waals surface area contributed by atoms with Gasteiger partial charge < -0.3 is 14.7 Å². The molecule has 1 aromatic heterocycles. The predicted molar refractivity (Wildman–Crippen MR) is 108 cm³/mol. The second kappa shape index (κ2) is 7.84. The number of anilines is 1. The van der Waals surface area contributed by atoms with Crippen molar-refractivity contribution in [2.24, 2.45) is 0 Å². The van der Waals surface area contributed by atoms with Gasteiger partial charge in [0.15, 0.2) is 0 Å². The van der Waals surface area contributed by atoms with E-state index in [1.54, 1.807) is 0 Å². The summed E-state index contributed by atoms with van der Waals surface area (Å²) in [6.45, 7) is 4.68. The van der Waals surface area contributed by atoms with Gasteiger partial charge in [0.25, 0.3) is 0 Å². The molecule has 6 nitrogen and oxygen atoms in total. The van der Waals surface area contributed by atoms with Crippen molar-refractivity contribution < 1.29 is 9.32 Å². The Balaban J connectivity index is 1.56. The van der Waals surface area contributed by atoms with Crippen LogP contribution in [0.1, 0.15) is 42.3 Å². The van der Waals surface area contributed by atoms with Crippen molar-refractivity contribution in [3.63, 3.8) is 0 Å². The molecule has 1 fully saturated rings. The number of carbonyl (C=O) groups excluding carboxylic acids is 1. The van der Waals surface area contributed by atoms with E-state index in [-0.39, 0.29) is 12.1 Å². The molecule has 4 rings (SSSR count). The molecule has 28 heavy (non-hydrogen) atoms. The normalized spacial score (nSPS) is 16.8. The van der Waals surface area contributed by atoms with E-state index >= 15 is 0 Å². The van der Waals surface area contributed by atoms with E-state index < -0.39 is 0 Å². The highest BCUT2D eigenvalue weighted by molar-refractivity contribution is 5.90. The summed E-state index contributed by atoms with van der Waals surface area (Å²) in [7, 11) is 0. The van der Waals surface area contributed by atoms with Gasteiger partial charge in [-0.25, -0.2) is 4.79 Å². The number of carbonyl (C=O) groups is 1. The SMILES string of the molecule is Cc1cccc(-c2noc([C@H]3CCCCN3C(=O)Nc3ccccc3C)n2)c1. The highest BCUT2D eigenvalue weighted by atomic mass is 16.5. The Morgan fingerprint density at radius 2 is 2.00 bits per heavy atom. The molecular formula is C22H24N4O2. The first-order valence-electron chi connectivity index (χ1n) is 9.66. The lowest BCUT2D eigenvalue weighted by atomic mass is 10.0. The van der Waals surface area contributed by atoms with Crippen LogP contribution in [0.15, 0.2) is 53.1 Å². The molecule has 0 spiro atoms. The van der Waals surface area contributed by atoms with E-state index in [4.69, 9.17) is 4.52 Å². The van der Waals surface area contributed by atoms with Gasteiger partial charge in [0.1, 0.15) is 6.04 Å².